The normalized spacial score (nSPS) is 14.5. The van der Waals surface area contributed by atoms with Crippen LogP contribution in [0.2, 0.25) is 0 Å². The van der Waals surface area contributed by atoms with E-state index < -0.39 is 6.09 Å². The molecule has 0 aliphatic carbocycles. The first kappa shape index (κ1) is 10.3. The Morgan fingerprint density at radius 3 is 2.94 bits per heavy atom. The van der Waals surface area contributed by atoms with Crippen molar-refractivity contribution in [3.05, 3.63) is 23.8 Å². The van der Waals surface area contributed by atoms with Gasteiger partial charge < -0.3 is 9.47 Å². The number of cyclic esters (lactones) is 1. The molecule has 1 heterocycles. The fourth-order valence-electron chi connectivity index (χ4n) is 1.65. The van der Waals surface area contributed by atoms with Crippen LogP contribution in [-0.2, 0) is 4.74 Å². The molecule has 5 heteroatoms. The average molecular weight is 218 g/mol. The fraction of sp³-hybridized carbons (Fsp3) is 0.273. The van der Waals surface area contributed by atoms with Gasteiger partial charge in [0.15, 0.2) is 0 Å². The van der Waals surface area contributed by atoms with Gasteiger partial charge in [0.25, 0.3) is 0 Å². The van der Waals surface area contributed by atoms with Crippen molar-refractivity contribution in [3.63, 3.8) is 0 Å². The van der Waals surface area contributed by atoms with Crippen molar-refractivity contribution in [2.45, 2.75) is 0 Å². The molecule has 1 aromatic carbocycles. The zero-order chi connectivity index (χ0) is 11.5. The molecule has 1 amide bonds. The highest BCUT2D eigenvalue weighted by atomic mass is 16.6. The molecule has 0 radical (unpaired) electrons. The number of amides is 1. The zero-order valence-corrected chi connectivity index (χ0v) is 8.77. The molecule has 0 unspecified atom stereocenters. The van der Waals surface area contributed by atoms with Crippen LogP contribution in [0.25, 0.3) is 0 Å². The lowest BCUT2D eigenvalue weighted by molar-refractivity contribution is 0.181. The van der Waals surface area contributed by atoms with Gasteiger partial charge in [-0.25, -0.2) is 4.79 Å². The first-order chi connectivity index (χ1) is 7.77. The smallest absolute Gasteiger partial charge is 0.414 e. The van der Waals surface area contributed by atoms with Crippen molar-refractivity contribution in [3.8, 4) is 11.8 Å². The van der Waals surface area contributed by atoms with E-state index in [1.807, 2.05) is 6.07 Å². The number of anilines is 1. The molecule has 16 heavy (non-hydrogen) atoms. The van der Waals surface area contributed by atoms with Gasteiger partial charge in [0.2, 0.25) is 0 Å². The van der Waals surface area contributed by atoms with E-state index in [1.54, 1.807) is 18.2 Å². The summed E-state index contributed by atoms with van der Waals surface area (Å²) in [5, 5.41) is 9.00. The van der Waals surface area contributed by atoms with Crippen molar-refractivity contribution < 1.29 is 14.3 Å². The lowest BCUT2D eigenvalue weighted by Crippen LogP contribution is -2.24. The van der Waals surface area contributed by atoms with E-state index in [2.05, 4.69) is 0 Å². The van der Waals surface area contributed by atoms with Crippen LogP contribution in [-0.4, -0.2) is 26.4 Å². The van der Waals surface area contributed by atoms with Crippen molar-refractivity contribution in [1.82, 2.24) is 0 Å². The Labute approximate surface area is 92.8 Å². The summed E-state index contributed by atoms with van der Waals surface area (Å²) in [5.41, 5.74) is 0.883. The van der Waals surface area contributed by atoms with Gasteiger partial charge in [-0.15, -0.1) is 0 Å². The van der Waals surface area contributed by atoms with Gasteiger partial charge in [-0.1, -0.05) is 6.07 Å². The second-order valence-electron chi connectivity index (χ2n) is 3.23. The number of methoxy groups -OCH3 is 1. The van der Waals surface area contributed by atoms with Crippen LogP contribution in [0.3, 0.4) is 0 Å². The second kappa shape index (κ2) is 4.11. The standard InChI is InChI=1S/C11H10N2O3/c1-15-9-4-2-3-8(7-12)10(9)13-5-6-16-11(13)14/h2-4H,5-6H2,1H3. The number of benzene rings is 1. The maximum Gasteiger partial charge on any atom is 0.414 e. The average Bonchev–Trinajstić information content (AvgIpc) is 2.74. The molecule has 0 spiro atoms. The number of carbonyl (C=O) groups excluding carboxylic acids is 1. The molecular formula is C11H10N2O3. The van der Waals surface area contributed by atoms with Crippen LogP contribution in [0.4, 0.5) is 10.5 Å². The Morgan fingerprint density at radius 1 is 1.56 bits per heavy atom. The quantitative estimate of drug-likeness (QED) is 0.755. The van der Waals surface area contributed by atoms with Gasteiger partial charge in [-0.3, -0.25) is 4.90 Å². The van der Waals surface area contributed by atoms with Crippen LogP contribution in [0.5, 0.6) is 5.75 Å². The van der Waals surface area contributed by atoms with Crippen LogP contribution >= 0.6 is 0 Å². The Morgan fingerprint density at radius 2 is 2.38 bits per heavy atom. The van der Waals surface area contributed by atoms with Gasteiger partial charge in [0.1, 0.15) is 24.1 Å². The number of nitrogens with zero attached hydrogens (tertiary/aromatic N) is 2. The molecule has 1 aromatic rings. The molecule has 1 aliphatic heterocycles. The molecule has 0 N–H and O–H groups in total. The lowest BCUT2D eigenvalue weighted by atomic mass is 10.1. The summed E-state index contributed by atoms with van der Waals surface area (Å²) in [6.45, 7) is 0.773. The summed E-state index contributed by atoms with van der Waals surface area (Å²) >= 11 is 0. The summed E-state index contributed by atoms with van der Waals surface area (Å²) in [4.78, 5) is 12.9. The zero-order valence-electron chi connectivity index (χ0n) is 8.77. The highest BCUT2D eigenvalue weighted by Crippen LogP contribution is 2.33. The van der Waals surface area contributed by atoms with Gasteiger partial charge in [-0.05, 0) is 12.1 Å². The first-order valence-electron chi connectivity index (χ1n) is 4.79. The molecule has 5 nitrogen and oxygen atoms in total. The minimum absolute atomic E-state index is 0.335. The number of rotatable bonds is 2. The highest BCUT2D eigenvalue weighted by molar-refractivity contribution is 5.93. The highest BCUT2D eigenvalue weighted by Gasteiger charge is 2.28. The molecular weight excluding hydrogens is 208 g/mol. The predicted molar refractivity (Wildman–Crippen MR) is 56.4 cm³/mol. The van der Waals surface area contributed by atoms with Gasteiger partial charge >= 0.3 is 6.09 Å². The first-order valence-corrected chi connectivity index (χ1v) is 4.79. The van der Waals surface area contributed by atoms with E-state index in [4.69, 9.17) is 14.7 Å². The van der Waals surface area contributed by atoms with E-state index in [9.17, 15) is 4.79 Å². The number of nitriles is 1. The molecule has 1 fully saturated rings. The fourth-order valence-corrected chi connectivity index (χ4v) is 1.65. The van der Waals surface area contributed by atoms with Crippen LogP contribution in [0, 0.1) is 11.3 Å². The maximum atomic E-state index is 11.4. The van der Waals surface area contributed by atoms with E-state index >= 15 is 0 Å². The van der Waals surface area contributed by atoms with Crippen molar-refractivity contribution >= 4 is 11.8 Å². The number of ether oxygens (including phenoxy) is 2. The number of hydrogen-bond acceptors (Lipinski definition) is 4. The Bertz CT molecular complexity index is 465. The van der Waals surface area contributed by atoms with Crippen molar-refractivity contribution in [2.75, 3.05) is 25.2 Å². The number of carbonyl (C=O) groups is 1. The summed E-state index contributed by atoms with van der Waals surface area (Å²) in [6.07, 6.45) is -0.444. The molecule has 0 aromatic heterocycles. The van der Waals surface area contributed by atoms with E-state index in [0.717, 1.165) is 0 Å². The van der Waals surface area contributed by atoms with Crippen LogP contribution in [0.15, 0.2) is 18.2 Å². The Balaban J connectivity index is 2.53. The van der Waals surface area contributed by atoms with Gasteiger partial charge in [-0.2, -0.15) is 5.26 Å². The third kappa shape index (κ3) is 1.54. The minimum atomic E-state index is -0.444. The Hall–Kier alpha value is -2.22. The lowest BCUT2D eigenvalue weighted by Gasteiger charge is -2.17. The van der Waals surface area contributed by atoms with Gasteiger partial charge in [0, 0.05) is 0 Å². The van der Waals surface area contributed by atoms with Crippen molar-refractivity contribution in [2.24, 2.45) is 0 Å². The van der Waals surface area contributed by atoms with E-state index in [0.29, 0.717) is 30.2 Å². The van der Waals surface area contributed by atoms with Crippen LogP contribution < -0.4 is 9.64 Å². The summed E-state index contributed by atoms with van der Waals surface area (Å²) in [5.74, 6) is 0.498. The molecule has 2 rings (SSSR count). The topological polar surface area (TPSA) is 62.6 Å². The summed E-state index contributed by atoms with van der Waals surface area (Å²) in [7, 11) is 1.50. The molecule has 0 saturated carbocycles. The van der Waals surface area contributed by atoms with E-state index in [1.165, 1.54) is 12.0 Å². The van der Waals surface area contributed by atoms with Crippen LogP contribution in [0.1, 0.15) is 5.56 Å². The molecule has 0 atom stereocenters. The monoisotopic (exact) mass is 218 g/mol. The summed E-state index contributed by atoms with van der Waals surface area (Å²) < 4.78 is 9.99. The SMILES string of the molecule is COc1cccc(C#N)c1N1CCOC1=O. The minimum Gasteiger partial charge on any atom is -0.495 e. The third-order valence-electron chi connectivity index (χ3n) is 2.37. The van der Waals surface area contributed by atoms with Gasteiger partial charge in [0.05, 0.1) is 19.2 Å². The molecule has 0 bridgehead atoms. The second-order valence-corrected chi connectivity index (χ2v) is 3.23. The summed E-state index contributed by atoms with van der Waals surface area (Å²) in [6, 6.07) is 7.10. The number of para-hydroxylation sites is 1. The predicted octanol–water partition coefficient (Wildman–Crippen LogP) is 1.52. The van der Waals surface area contributed by atoms with Crippen molar-refractivity contribution in [1.29, 1.82) is 5.26 Å². The van der Waals surface area contributed by atoms with E-state index in [-0.39, 0.29) is 0 Å². The largest absolute Gasteiger partial charge is 0.495 e. The molecule has 1 aliphatic rings. The third-order valence-corrected chi connectivity index (χ3v) is 2.37. The Kier molecular flexibility index (Phi) is 2.64. The molecule has 1 saturated heterocycles. The number of hydrogen-bond donors (Lipinski definition) is 0. The maximum absolute atomic E-state index is 11.4. The molecule has 82 valence electrons.